The highest BCUT2D eigenvalue weighted by Gasteiger charge is 3.00. The molecule has 0 bridgehead atoms. The number of hydrogen-bond acceptors (Lipinski definition) is 6. The maximum Gasteiger partial charge on any atom is 0.460 e. The van der Waals surface area contributed by atoms with Crippen LogP contribution in [0.25, 0.3) is 0 Å². The van der Waals surface area contributed by atoms with Crippen LogP contribution in [0.1, 0.15) is 12.8 Å². The Kier molecular flexibility index (Phi) is 14.7. The second-order valence-electron chi connectivity index (χ2n) is 11.4. The number of sulfonamides is 1. The van der Waals surface area contributed by atoms with Gasteiger partial charge in [-0.2, -0.15) is 122 Å². The first-order valence-corrected chi connectivity index (χ1v) is 16.5. The van der Waals surface area contributed by atoms with E-state index in [2.05, 4.69) is 0 Å². The van der Waals surface area contributed by atoms with Gasteiger partial charge >= 0.3 is 70.7 Å². The molecule has 2 N–H and O–H groups in total. The van der Waals surface area contributed by atoms with Crippen molar-refractivity contribution in [2.45, 2.75) is 89.5 Å². The van der Waals surface area contributed by atoms with Crippen LogP contribution in [0.5, 0.6) is 0 Å². The molecule has 35 heteroatoms. The average molecular weight is 936 g/mol. The van der Waals surface area contributed by atoms with Crippen LogP contribution >= 0.6 is 0 Å². The fourth-order valence-electron chi connectivity index (χ4n) is 3.88. The summed E-state index contributed by atoms with van der Waals surface area (Å²) in [5, 5.41) is 1.16. The highest BCUT2D eigenvalue weighted by atomic mass is 32.2. The van der Waals surface area contributed by atoms with Crippen LogP contribution in [-0.2, 0) is 20.1 Å². The van der Waals surface area contributed by atoms with Crippen molar-refractivity contribution < 1.29 is 136 Å². The van der Waals surface area contributed by atoms with Gasteiger partial charge in [0.2, 0.25) is 0 Å². The van der Waals surface area contributed by atoms with E-state index in [9.17, 15) is 132 Å². The van der Waals surface area contributed by atoms with Crippen LogP contribution in [-0.4, -0.2) is 152 Å². The molecule has 0 aromatic carbocycles. The van der Waals surface area contributed by atoms with E-state index < -0.39 is 139 Å². The highest BCUT2D eigenvalue weighted by Crippen LogP contribution is 2.68. The van der Waals surface area contributed by atoms with Crippen molar-refractivity contribution in [1.82, 2.24) is 9.21 Å². The smallest absolute Gasteiger partial charge is 0.395 e. The summed E-state index contributed by atoms with van der Waals surface area (Å²) in [6, 6.07) is -2.71. The van der Waals surface area contributed by atoms with Crippen molar-refractivity contribution in [2.24, 2.45) is 0 Å². The SMILES string of the molecule is CN(C)CCC(CO)N(CCCS(=O)(=O)O)S(=O)(=O)C(F)(F)C(F)(F)C(F)(F)C(F)(F)C(F)(F)C(F)(F)C(F)(F)C(F)(F)C(F)(F)C(F)(F)C(F)(F)C(F)(F)F. The zero-order chi connectivity index (χ0) is 46.0. The van der Waals surface area contributed by atoms with Gasteiger partial charge in [-0.15, -0.1) is 0 Å². The molecular weight excluding hydrogens is 915 g/mol. The predicted molar refractivity (Wildman–Crippen MR) is 131 cm³/mol. The first-order chi connectivity index (χ1) is 24.0. The minimum atomic E-state index is -9.86. The molecule has 1 atom stereocenters. The molecule has 0 aliphatic rings. The van der Waals surface area contributed by atoms with Crippen LogP contribution in [0, 0.1) is 0 Å². The van der Waals surface area contributed by atoms with Gasteiger partial charge in [-0.25, -0.2) is 8.42 Å². The monoisotopic (exact) mass is 936 g/mol. The molecule has 0 heterocycles. The van der Waals surface area contributed by atoms with E-state index in [1.165, 1.54) is 0 Å². The van der Waals surface area contributed by atoms with Gasteiger partial charge in [-0.1, -0.05) is 0 Å². The Bertz CT molecular complexity index is 1600. The number of aliphatic hydroxyl groups is 1. The van der Waals surface area contributed by atoms with Gasteiger partial charge in [0.1, 0.15) is 0 Å². The summed E-state index contributed by atoms with van der Waals surface area (Å²) in [4.78, 5) is 0.938. The summed E-state index contributed by atoms with van der Waals surface area (Å²) in [6.45, 7) is -4.68. The number of aliphatic hydroxyl groups excluding tert-OH is 1. The maximum absolute atomic E-state index is 14.9. The molecule has 1 unspecified atom stereocenters. The van der Waals surface area contributed by atoms with Crippen molar-refractivity contribution >= 4 is 20.1 Å². The topological polar surface area (TPSA) is 115 Å². The molecule has 8 nitrogen and oxygen atoms in total. The Labute approximate surface area is 295 Å². The van der Waals surface area contributed by atoms with Gasteiger partial charge in [0.05, 0.1) is 12.4 Å². The van der Waals surface area contributed by atoms with Gasteiger partial charge in [-0.05, 0) is 33.5 Å². The van der Waals surface area contributed by atoms with Crippen LogP contribution < -0.4 is 0 Å². The van der Waals surface area contributed by atoms with E-state index in [1.54, 1.807) is 0 Å². The van der Waals surface area contributed by atoms with E-state index in [1.807, 2.05) is 0 Å². The van der Waals surface area contributed by atoms with Gasteiger partial charge in [-0.3, -0.25) is 4.55 Å². The lowest BCUT2D eigenvalue weighted by Crippen LogP contribution is -2.78. The van der Waals surface area contributed by atoms with Gasteiger partial charge in [0.25, 0.3) is 20.1 Å². The average Bonchev–Trinajstić information content (AvgIpc) is 2.97. The molecule has 0 saturated carbocycles. The Hall–Kier alpha value is -2.01. The van der Waals surface area contributed by atoms with Crippen LogP contribution in [0.2, 0.25) is 0 Å². The maximum atomic E-state index is 14.9. The molecule has 56 heavy (non-hydrogen) atoms. The molecule has 0 aromatic rings. The number of nitrogens with zero attached hydrogens (tertiary/aromatic N) is 2. The van der Waals surface area contributed by atoms with Crippen molar-refractivity contribution in [2.75, 3.05) is 39.5 Å². The third-order valence-electron chi connectivity index (χ3n) is 7.21. The molecule has 0 fully saturated rings. The van der Waals surface area contributed by atoms with Crippen LogP contribution in [0.3, 0.4) is 0 Å². The van der Waals surface area contributed by atoms with Crippen LogP contribution in [0.4, 0.5) is 110 Å². The summed E-state index contributed by atoms with van der Waals surface area (Å²) in [6.07, 6.45) is -11.0. The van der Waals surface area contributed by atoms with Gasteiger partial charge < -0.3 is 10.0 Å². The van der Waals surface area contributed by atoms with Crippen molar-refractivity contribution in [1.29, 1.82) is 0 Å². The molecular formula is C21H21F25N2O6S2. The molecule has 0 spiro atoms. The quantitative estimate of drug-likeness (QED) is 0.0972. The summed E-state index contributed by atoms with van der Waals surface area (Å²) in [5.41, 5.74) is 0. The van der Waals surface area contributed by atoms with Crippen molar-refractivity contribution in [3.05, 3.63) is 0 Å². The molecule has 0 aromatic heterocycles. The molecule has 0 rings (SSSR count). The third kappa shape index (κ3) is 8.00. The number of rotatable bonds is 21. The lowest BCUT2D eigenvalue weighted by Gasteiger charge is -2.45. The molecule has 0 aliphatic carbocycles. The van der Waals surface area contributed by atoms with Crippen LogP contribution in [0.15, 0.2) is 0 Å². The standard InChI is InChI=1S/C21H21F25N2O6S2/c1-47(2)6-4-9(8-49)48(5-3-7-55(50,51)52)56(53,54)21(45,46)19(40,41)17(36,37)15(32,33)13(28,29)11(24,25)10(22,23)12(26,27)14(30,31)16(34,35)18(38,39)20(42,43)44/h9,49H,3-8H2,1-2H3,(H,50,51,52). The minimum absolute atomic E-state index is 0.676. The zero-order valence-corrected chi connectivity index (χ0v) is 28.1. The summed E-state index contributed by atoms with van der Waals surface area (Å²) in [7, 11) is -11.3. The molecule has 0 amide bonds. The zero-order valence-electron chi connectivity index (χ0n) is 26.5. The Morgan fingerprint density at radius 3 is 1.02 bits per heavy atom. The van der Waals surface area contributed by atoms with E-state index >= 15 is 0 Å². The molecule has 0 radical (unpaired) electrons. The van der Waals surface area contributed by atoms with E-state index in [4.69, 9.17) is 4.55 Å². The largest absolute Gasteiger partial charge is 0.460 e. The van der Waals surface area contributed by atoms with Gasteiger partial charge in [0.15, 0.2) is 0 Å². The Balaban J connectivity index is 7.69. The van der Waals surface area contributed by atoms with E-state index in [0.29, 0.717) is 0 Å². The Morgan fingerprint density at radius 2 is 0.768 bits per heavy atom. The highest BCUT2D eigenvalue weighted by molar-refractivity contribution is 7.90. The third-order valence-corrected chi connectivity index (χ3v) is 10.0. The first kappa shape index (κ1) is 54.0. The number of alkyl halides is 25. The molecule has 0 saturated heterocycles. The number of hydrogen-bond donors (Lipinski definition) is 2. The normalized spacial score (nSPS) is 16.9. The van der Waals surface area contributed by atoms with E-state index in [0.717, 1.165) is 19.0 Å². The van der Waals surface area contributed by atoms with Gasteiger partial charge in [0, 0.05) is 12.6 Å². The second kappa shape index (κ2) is 15.2. The van der Waals surface area contributed by atoms with Crippen molar-refractivity contribution in [3.63, 3.8) is 0 Å². The first-order valence-electron chi connectivity index (χ1n) is 13.4. The molecule has 0 aliphatic heterocycles. The van der Waals surface area contributed by atoms with Crippen molar-refractivity contribution in [3.8, 4) is 0 Å². The molecule has 338 valence electrons. The lowest BCUT2D eigenvalue weighted by atomic mass is 9.85. The minimum Gasteiger partial charge on any atom is -0.395 e. The summed E-state index contributed by atoms with van der Waals surface area (Å²) < 4.78 is 399. The second-order valence-corrected chi connectivity index (χ2v) is 14.9. The number of halogens is 25. The lowest BCUT2D eigenvalue weighted by molar-refractivity contribution is -0.480. The fourth-order valence-corrected chi connectivity index (χ4v) is 6.06. The van der Waals surface area contributed by atoms with E-state index in [-0.39, 0.29) is 0 Å². The predicted octanol–water partition coefficient (Wildman–Crippen LogP) is 6.72. The summed E-state index contributed by atoms with van der Waals surface area (Å²) in [5.74, 6) is -96.7. The fraction of sp³-hybridized carbons (Fsp3) is 1.00. The summed E-state index contributed by atoms with van der Waals surface area (Å²) >= 11 is 0. The Morgan fingerprint density at radius 1 is 0.482 bits per heavy atom.